The molecule has 2 N–H and O–H groups in total. The van der Waals surface area contributed by atoms with E-state index in [0.29, 0.717) is 32.4 Å². The summed E-state index contributed by atoms with van der Waals surface area (Å²) < 4.78 is 18.4. The predicted molar refractivity (Wildman–Crippen MR) is 435 cm³/mol. The van der Waals surface area contributed by atoms with Gasteiger partial charge in [-0.05, 0) is 213 Å². The van der Waals surface area contributed by atoms with E-state index in [1.54, 1.807) is 0 Å². The number of ether oxygens (including phenoxy) is 3. The van der Waals surface area contributed by atoms with Gasteiger partial charge in [-0.25, -0.2) is 14.4 Å². The molecule has 1 fully saturated rings. The number of nitrogens with zero attached hydrogens (tertiary/aromatic N) is 2. The van der Waals surface area contributed by atoms with Gasteiger partial charge in [0.2, 0.25) is 0 Å². The fourth-order valence-corrected chi connectivity index (χ4v) is 13.0. The van der Waals surface area contributed by atoms with Crippen molar-refractivity contribution in [2.45, 2.75) is 406 Å². The van der Waals surface area contributed by atoms with Crippen LogP contribution in [-0.2, 0) is 19.0 Å². The molecule has 1 atom stereocenters. The van der Waals surface area contributed by atoms with Crippen molar-refractivity contribution in [2.75, 3.05) is 52.9 Å². The molecule has 0 radical (unpaired) electrons. The zero-order valence-corrected chi connectivity index (χ0v) is 66.4. The largest absolute Gasteiger partial charge is 0.464 e. The second-order valence-electron chi connectivity index (χ2n) is 29.3. The molecule has 0 aromatic heterocycles. The van der Waals surface area contributed by atoms with Crippen molar-refractivity contribution >= 4 is 18.2 Å². The smallest absolute Gasteiger partial charge is 0.408 e. The van der Waals surface area contributed by atoms with E-state index in [1.165, 1.54) is 218 Å². The second-order valence-corrected chi connectivity index (χ2v) is 29.3. The predicted octanol–water partition coefficient (Wildman–Crippen LogP) is 26.7. The van der Waals surface area contributed by atoms with Gasteiger partial charge in [-0.3, -0.25) is 0 Å². The fourth-order valence-electron chi connectivity index (χ4n) is 13.0. The Morgan fingerprint density at radius 3 is 0.950 bits per heavy atom. The number of hydrogen-bond donors (Lipinski definition) is 2. The van der Waals surface area contributed by atoms with Crippen LogP contribution in [0.25, 0.3) is 0 Å². The Hall–Kier alpha value is -4.15. The number of carbonyl (C=O) groups excluding carboxylic acids is 3. The topological polar surface area (TPSA) is 109 Å². The summed E-state index contributed by atoms with van der Waals surface area (Å²) in [4.78, 5) is 46.1. The normalized spacial score (nSPS) is 13.9. The van der Waals surface area contributed by atoms with Crippen LogP contribution in [0.1, 0.15) is 387 Å². The number of hydrogen-bond acceptors (Lipinski definition) is 8. The Kier molecular flexibility index (Phi) is 72.7. The van der Waals surface area contributed by atoms with Crippen molar-refractivity contribution in [1.82, 2.24) is 20.4 Å². The van der Waals surface area contributed by atoms with Gasteiger partial charge in [0.25, 0.3) is 0 Å². The molecule has 100 heavy (non-hydrogen) atoms. The van der Waals surface area contributed by atoms with Crippen LogP contribution in [0.2, 0.25) is 0 Å². The fraction of sp³-hybridized carbons (Fsp3) is 0.789. The van der Waals surface area contributed by atoms with E-state index in [1.807, 2.05) is 0 Å². The van der Waals surface area contributed by atoms with Crippen molar-refractivity contribution in [3.63, 3.8) is 0 Å². The molecule has 2 amide bonds. The number of carbonyl (C=O) groups is 3. The summed E-state index contributed by atoms with van der Waals surface area (Å²) in [5.74, 6) is -0.412. The van der Waals surface area contributed by atoms with Gasteiger partial charge in [-0.1, -0.05) is 279 Å². The third-order valence-corrected chi connectivity index (χ3v) is 19.7. The number of amides is 2. The average Bonchev–Trinajstić information content (AvgIpc) is 1.24. The first-order valence-electron chi connectivity index (χ1n) is 43.0. The molecule has 10 heteroatoms. The third kappa shape index (κ3) is 68.3. The van der Waals surface area contributed by atoms with E-state index in [4.69, 9.17) is 14.2 Å². The number of nitrogens with one attached hydrogen (secondary N) is 2. The standard InChI is InChI=1S/C90H162N4O6/c1-6-10-14-18-22-26-30-34-38-42-46-50-54-58-62-66-73-85(74-67-63-59-55-51-47-43-39-35-31-27-23-19-15-11-7-2)99-89(96)91-78-71-70-77-87(88(95)98-84-72-79-94-82-80-93(5)81-83-94)92-90(97)100-86(75-68-64-60-56-52-48-44-40-36-32-28-24-20-16-12-8-3)76-69-65-61-57-53-49-45-41-37-33-29-25-21-17-13-9-4/h22-29,34-41,85-87H,6-21,30-33,42-84H2,1-5H3,(H,91,96)(H,92,97)/b26-22+,27-23+,28-24+,29-25+,38-34+,39-35+,40-36+,41-37+. The van der Waals surface area contributed by atoms with E-state index < -0.39 is 18.1 Å². The van der Waals surface area contributed by atoms with Gasteiger partial charge in [0.05, 0.1) is 6.61 Å². The van der Waals surface area contributed by atoms with E-state index >= 15 is 0 Å². The van der Waals surface area contributed by atoms with Crippen LogP contribution in [0.15, 0.2) is 97.2 Å². The summed E-state index contributed by atoms with van der Waals surface area (Å²) in [5.41, 5.74) is 0. The number of likely N-dealkylation sites (N-methyl/N-ethyl adjacent to an activating group) is 1. The molecule has 0 spiro atoms. The van der Waals surface area contributed by atoms with Crippen molar-refractivity contribution in [1.29, 1.82) is 0 Å². The zero-order valence-electron chi connectivity index (χ0n) is 66.4. The molecule has 1 heterocycles. The van der Waals surface area contributed by atoms with Gasteiger partial charge in [0, 0.05) is 39.3 Å². The highest BCUT2D eigenvalue weighted by atomic mass is 16.6. The SMILES string of the molecule is CCCCC/C=C/C/C=C/CCCCCCCCC(CCCCCCCC/C=C/C/C=C/CCCCC)OC(=O)NCCCCC(NC(=O)OC(CCCCCCCC/C=C/C/C=C/CCCCC)CCCCCCCC/C=C/C/C=C/CCCCC)C(=O)OCCCN1CCN(C)CC1. The highest BCUT2D eigenvalue weighted by molar-refractivity contribution is 5.81. The first-order chi connectivity index (χ1) is 49.3. The second kappa shape index (κ2) is 77.5. The van der Waals surface area contributed by atoms with Crippen LogP contribution in [0.5, 0.6) is 0 Å². The number of rotatable bonds is 73. The minimum Gasteiger partial charge on any atom is -0.464 e. The summed E-state index contributed by atoms with van der Waals surface area (Å²) in [6, 6.07) is -0.833. The minimum absolute atomic E-state index is 0.0911. The molecule has 1 aliphatic heterocycles. The molecular weight excluding hydrogens is 1230 g/mol. The summed E-state index contributed by atoms with van der Waals surface area (Å²) in [6.07, 6.45) is 99.7. The number of alkyl carbamates (subject to hydrolysis) is 2. The lowest BCUT2D eigenvalue weighted by atomic mass is 10.0. The molecule has 1 unspecified atom stereocenters. The van der Waals surface area contributed by atoms with Crippen LogP contribution in [0, 0.1) is 0 Å². The van der Waals surface area contributed by atoms with Crippen molar-refractivity contribution in [3.05, 3.63) is 97.2 Å². The molecule has 1 saturated heterocycles. The van der Waals surface area contributed by atoms with Gasteiger partial charge in [-0.15, -0.1) is 0 Å². The molecule has 0 bridgehead atoms. The monoisotopic (exact) mass is 1400 g/mol. The zero-order chi connectivity index (χ0) is 72.0. The van der Waals surface area contributed by atoms with Gasteiger partial charge in [-0.2, -0.15) is 0 Å². The van der Waals surface area contributed by atoms with Gasteiger partial charge in [0.1, 0.15) is 18.2 Å². The van der Waals surface area contributed by atoms with Crippen LogP contribution in [0.3, 0.4) is 0 Å². The maximum atomic E-state index is 14.0. The summed E-state index contributed by atoms with van der Waals surface area (Å²) >= 11 is 0. The summed E-state index contributed by atoms with van der Waals surface area (Å²) in [7, 11) is 2.16. The summed E-state index contributed by atoms with van der Waals surface area (Å²) in [6.45, 7) is 14.8. The quantitative estimate of drug-likeness (QED) is 0.0268. The molecule has 1 rings (SSSR count). The minimum atomic E-state index is -0.833. The van der Waals surface area contributed by atoms with Crippen LogP contribution in [0.4, 0.5) is 9.59 Å². The molecule has 0 saturated carbocycles. The van der Waals surface area contributed by atoms with Crippen molar-refractivity contribution < 1.29 is 28.6 Å². The lowest BCUT2D eigenvalue weighted by molar-refractivity contribution is -0.146. The number of piperazine rings is 1. The highest BCUT2D eigenvalue weighted by Crippen LogP contribution is 2.21. The van der Waals surface area contributed by atoms with Gasteiger partial charge >= 0.3 is 18.2 Å². The van der Waals surface area contributed by atoms with Crippen LogP contribution in [-0.4, -0.2) is 99.1 Å². The Labute approximate surface area is 619 Å². The molecule has 10 nitrogen and oxygen atoms in total. The molecule has 0 aromatic rings. The molecule has 578 valence electrons. The van der Waals surface area contributed by atoms with E-state index in [-0.39, 0.29) is 18.3 Å². The molecule has 1 aliphatic rings. The number of unbranched alkanes of at least 4 members (excludes halogenated alkanes) is 37. The Morgan fingerprint density at radius 1 is 0.330 bits per heavy atom. The van der Waals surface area contributed by atoms with Crippen molar-refractivity contribution in [3.8, 4) is 0 Å². The highest BCUT2D eigenvalue weighted by Gasteiger charge is 2.25. The maximum Gasteiger partial charge on any atom is 0.408 e. The van der Waals surface area contributed by atoms with Crippen LogP contribution < -0.4 is 10.6 Å². The summed E-state index contributed by atoms with van der Waals surface area (Å²) in [5, 5.41) is 6.06. The molecule has 0 aromatic carbocycles. The first kappa shape index (κ1) is 93.9. The Morgan fingerprint density at radius 2 is 0.620 bits per heavy atom. The van der Waals surface area contributed by atoms with Crippen molar-refractivity contribution in [2.24, 2.45) is 0 Å². The average molecular weight is 1400 g/mol. The maximum absolute atomic E-state index is 14.0. The lowest BCUT2D eigenvalue weighted by Crippen LogP contribution is -2.45. The van der Waals surface area contributed by atoms with Crippen LogP contribution >= 0.6 is 0 Å². The van der Waals surface area contributed by atoms with E-state index in [0.717, 1.165) is 155 Å². The van der Waals surface area contributed by atoms with Gasteiger partial charge in [0.15, 0.2) is 0 Å². The first-order valence-corrected chi connectivity index (χ1v) is 43.0. The number of esters is 1. The third-order valence-electron chi connectivity index (χ3n) is 19.7. The number of allylic oxidation sites excluding steroid dienone is 16. The van der Waals surface area contributed by atoms with Gasteiger partial charge < -0.3 is 34.6 Å². The Balaban J connectivity index is 2.89. The molecule has 0 aliphatic carbocycles. The van der Waals surface area contributed by atoms with E-state index in [2.05, 4.69) is 152 Å². The lowest BCUT2D eigenvalue weighted by Gasteiger charge is -2.32. The molecular formula is C90H162N4O6. The van der Waals surface area contributed by atoms with E-state index in [9.17, 15) is 14.4 Å². The Bertz CT molecular complexity index is 1920.